The highest BCUT2D eigenvalue weighted by atomic mass is 35.5. The molecule has 7 heteroatoms. The van der Waals surface area contributed by atoms with Crippen molar-refractivity contribution < 1.29 is 5.11 Å². The summed E-state index contributed by atoms with van der Waals surface area (Å²) in [4.78, 5) is 4.02. The lowest BCUT2D eigenvalue weighted by Gasteiger charge is -2.20. The van der Waals surface area contributed by atoms with Crippen molar-refractivity contribution in [3.8, 4) is 5.75 Å². The van der Waals surface area contributed by atoms with Gasteiger partial charge in [0.1, 0.15) is 11.6 Å². The fourth-order valence-corrected chi connectivity index (χ4v) is 2.42. The van der Waals surface area contributed by atoms with Crippen LogP contribution < -0.4 is 11.2 Å². The largest absolute Gasteiger partial charge is 0.506 e. The Morgan fingerprint density at radius 2 is 2.14 bits per heavy atom. The van der Waals surface area contributed by atoms with E-state index in [1.807, 2.05) is 6.07 Å². The van der Waals surface area contributed by atoms with Crippen molar-refractivity contribution in [2.45, 2.75) is 26.2 Å². The van der Waals surface area contributed by atoms with E-state index in [1.54, 1.807) is 11.4 Å². The van der Waals surface area contributed by atoms with Crippen LogP contribution in [-0.4, -0.2) is 16.3 Å². The minimum Gasteiger partial charge on any atom is -0.506 e. The van der Waals surface area contributed by atoms with Gasteiger partial charge in [0.2, 0.25) is 5.13 Å². The van der Waals surface area contributed by atoms with Gasteiger partial charge in [0.25, 0.3) is 0 Å². The molecule has 0 saturated carbocycles. The van der Waals surface area contributed by atoms with E-state index >= 15 is 0 Å². The molecule has 112 valence electrons. The van der Waals surface area contributed by atoms with E-state index < -0.39 is 0 Å². The number of nitrogen functional groups attached to an aromatic ring is 1. The van der Waals surface area contributed by atoms with Crippen molar-refractivity contribution in [1.29, 1.82) is 0 Å². The van der Waals surface area contributed by atoms with Crippen LogP contribution in [0.4, 0.5) is 10.9 Å². The minimum absolute atomic E-state index is 0.00821. The molecule has 1 aromatic carbocycles. The molecule has 0 aliphatic carbocycles. The van der Waals surface area contributed by atoms with Crippen LogP contribution in [0.2, 0.25) is 5.02 Å². The average molecular weight is 325 g/mol. The fourth-order valence-electron chi connectivity index (χ4n) is 1.65. The van der Waals surface area contributed by atoms with Crippen molar-refractivity contribution >= 4 is 40.1 Å². The van der Waals surface area contributed by atoms with Gasteiger partial charge in [-0.05, 0) is 23.1 Å². The Balaban J connectivity index is 2.24. The summed E-state index contributed by atoms with van der Waals surface area (Å²) in [7, 11) is 0. The summed E-state index contributed by atoms with van der Waals surface area (Å²) in [5.41, 5.74) is 9.78. The molecule has 0 unspecified atom stereocenters. The third kappa shape index (κ3) is 3.86. The first-order valence-corrected chi connectivity index (χ1v) is 7.56. The first-order valence-electron chi connectivity index (χ1n) is 6.30. The number of thiazole rings is 1. The van der Waals surface area contributed by atoms with Gasteiger partial charge in [0.15, 0.2) is 0 Å². The van der Waals surface area contributed by atoms with Crippen molar-refractivity contribution in [3.63, 3.8) is 0 Å². The maximum absolute atomic E-state index is 10.0. The number of hydrazone groups is 1. The van der Waals surface area contributed by atoms with Gasteiger partial charge in [-0.2, -0.15) is 5.10 Å². The number of anilines is 2. The summed E-state index contributed by atoms with van der Waals surface area (Å²) in [5, 5.41) is 16.7. The summed E-state index contributed by atoms with van der Waals surface area (Å²) < 4.78 is 0. The average Bonchev–Trinajstić information content (AvgIpc) is 2.79. The van der Waals surface area contributed by atoms with Gasteiger partial charge in [0, 0.05) is 10.9 Å². The Hall–Kier alpha value is -1.79. The second-order valence-electron chi connectivity index (χ2n) is 5.59. The number of rotatable bonds is 3. The van der Waals surface area contributed by atoms with Crippen LogP contribution >= 0.6 is 22.9 Å². The van der Waals surface area contributed by atoms with Crippen molar-refractivity contribution in [2.75, 3.05) is 11.2 Å². The highest BCUT2D eigenvalue weighted by molar-refractivity contribution is 7.14. The highest BCUT2D eigenvalue weighted by Gasteiger charge is 2.17. The zero-order chi connectivity index (χ0) is 15.6. The van der Waals surface area contributed by atoms with Gasteiger partial charge in [0.05, 0.1) is 11.2 Å². The van der Waals surface area contributed by atoms with Crippen LogP contribution in [0.25, 0.3) is 0 Å². The van der Waals surface area contributed by atoms with Crippen molar-refractivity contribution in [3.05, 3.63) is 33.7 Å². The number of phenolic OH excluding ortho intramolecular Hbond substituents is 1. The maximum atomic E-state index is 10.0. The van der Waals surface area contributed by atoms with E-state index in [1.165, 1.54) is 17.6 Å². The van der Waals surface area contributed by atoms with E-state index in [0.29, 0.717) is 21.5 Å². The molecule has 1 heterocycles. The number of nitrogens with two attached hydrogens (primary N) is 1. The van der Waals surface area contributed by atoms with Gasteiger partial charge >= 0.3 is 0 Å². The smallest absolute Gasteiger partial charge is 0.205 e. The molecular formula is C14H17ClN4OS. The number of aromatic hydroxyl groups is 1. The van der Waals surface area contributed by atoms with E-state index in [9.17, 15) is 5.11 Å². The van der Waals surface area contributed by atoms with Gasteiger partial charge in [-0.3, -0.25) is 5.43 Å². The van der Waals surface area contributed by atoms with E-state index in [-0.39, 0.29) is 11.2 Å². The second kappa shape index (κ2) is 5.91. The standard InChI is InChI=1S/C14H17ClN4OS/c1-14(2,3)9-4-8(12(20)10(15)5-9)6-17-19-13-18-11(16)7-21-13/h4-7,20H,16H2,1-3H3,(H,18,19). The molecule has 0 radical (unpaired) electrons. The van der Waals surface area contributed by atoms with Gasteiger partial charge in [-0.1, -0.05) is 32.4 Å². The predicted molar refractivity (Wildman–Crippen MR) is 89.6 cm³/mol. The lowest BCUT2D eigenvalue weighted by Crippen LogP contribution is -2.11. The van der Waals surface area contributed by atoms with Crippen molar-refractivity contribution in [2.24, 2.45) is 5.10 Å². The van der Waals surface area contributed by atoms with Gasteiger partial charge < -0.3 is 10.8 Å². The number of nitrogens with zero attached hydrogens (tertiary/aromatic N) is 2. The molecule has 0 amide bonds. The number of halogens is 1. The minimum atomic E-state index is -0.0723. The Bertz CT molecular complexity index is 676. The molecule has 0 saturated heterocycles. The SMILES string of the molecule is CC(C)(C)c1cc(Cl)c(O)c(C=NNc2nc(N)cs2)c1. The summed E-state index contributed by atoms with van der Waals surface area (Å²) in [6, 6.07) is 3.63. The molecule has 0 fully saturated rings. The van der Waals surface area contributed by atoms with Gasteiger partial charge in [-0.15, -0.1) is 11.3 Å². The Morgan fingerprint density at radius 3 is 2.71 bits per heavy atom. The van der Waals surface area contributed by atoms with E-state index in [2.05, 4.69) is 36.3 Å². The molecule has 2 rings (SSSR count). The molecule has 2 aromatic rings. The first kappa shape index (κ1) is 15.6. The molecule has 0 atom stereocenters. The van der Waals surface area contributed by atoms with Crippen LogP contribution in [0.5, 0.6) is 5.75 Å². The fraction of sp³-hybridized carbons (Fsp3) is 0.286. The first-order chi connectivity index (χ1) is 9.77. The van der Waals surface area contributed by atoms with Crippen LogP contribution in [-0.2, 0) is 5.41 Å². The lowest BCUT2D eigenvalue weighted by atomic mass is 9.86. The lowest BCUT2D eigenvalue weighted by molar-refractivity contribution is 0.473. The Morgan fingerprint density at radius 1 is 1.43 bits per heavy atom. The van der Waals surface area contributed by atoms with Crippen LogP contribution in [0.1, 0.15) is 31.9 Å². The molecule has 0 aliphatic heterocycles. The number of hydrogen-bond acceptors (Lipinski definition) is 6. The molecule has 0 bridgehead atoms. The molecule has 0 aliphatic rings. The molecular weight excluding hydrogens is 308 g/mol. The Labute approximate surface area is 132 Å². The molecule has 21 heavy (non-hydrogen) atoms. The molecule has 4 N–H and O–H groups in total. The number of benzene rings is 1. The third-order valence-corrected chi connectivity index (χ3v) is 3.90. The quantitative estimate of drug-likeness (QED) is 0.592. The normalized spacial score (nSPS) is 12.0. The van der Waals surface area contributed by atoms with E-state index in [4.69, 9.17) is 17.3 Å². The Kier molecular flexibility index (Phi) is 4.39. The van der Waals surface area contributed by atoms with Crippen LogP contribution in [0.15, 0.2) is 22.6 Å². The predicted octanol–water partition coefficient (Wildman–Crippen LogP) is 3.83. The molecule has 5 nitrogen and oxygen atoms in total. The zero-order valence-electron chi connectivity index (χ0n) is 12.0. The van der Waals surface area contributed by atoms with Crippen LogP contribution in [0, 0.1) is 0 Å². The third-order valence-electron chi connectivity index (χ3n) is 2.84. The summed E-state index contributed by atoms with van der Waals surface area (Å²) in [6.45, 7) is 6.23. The summed E-state index contributed by atoms with van der Waals surface area (Å²) in [6.07, 6.45) is 1.51. The number of nitrogens with one attached hydrogen (secondary N) is 1. The number of phenols is 1. The molecule has 1 aromatic heterocycles. The number of aromatic nitrogens is 1. The highest BCUT2D eigenvalue weighted by Crippen LogP contribution is 2.33. The topological polar surface area (TPSA) is 83.5 Å². The van der Waals surface area contributed by atoms with Gasteiger partial charge in [-0.25, -0.2) is 4.98 Å². The monoisotopic (exact) mass is 324 g/mol. The van der Waals surface area contributed by atoms with Crippen molar-refractivity contribution in [1.82, 2.24) is 4.98 Å². The van der Waals surface area contributed by atoms with Crippen LogP contribution in [0.3, 0.4) is 0 Å². The summed E-state index contributed by atoms with van der Waals surface area (Å²) in [5.74, 6) is 0.451. The molecule has 0 spiro atoms. The summed E-state index contributed by atoms with van der Waals surface area (Å²) >= 11 is 7.42. The number of hydrogen-bond donors (Lipinski definition) is 3. The van der Waals surface area contributed by atoms with E-state index in [0.717, 1.165) is 5.56 Å². The zero-order valence-corrected chi connectivity index (χ0v) is 13.6. The maximum Gasteiger partial charge on any atom is 0.205 e. The second-order valence-corrected chi connectivity index (χ2v) is 6.86.